The molecule has 204 valence electrons. The average molecular weight is 515 g/mol. The third-order valence-electron chi connectivity index (χ3n) is 5.90. The molecule has 7 heteroatoms. The summed E-state index contributed by atoms with van der Waals surface area (Å²) >= 11 is 0. The second kappa shape index (κ2) is 13.5. The lowest BCUT2D eigenvalue weighted by Gasteiger charge is -2.20. The lowest BCUT2D eigenvalue weighted by atomic mass is 9.85. The Bertz CT molecular complexity index is 961. The fourth-order valence-corrected chi connectivity index (χ4v) is 3.67. The second-order valence-electron chi connectivity index (χ2n) is 11.3. The standard InChI is InChI=1S/C30H42O7/c1-29(2,3)23-15-21(17-25(31)19-23)7-9-27(33)36-13-11-35-12-14-37-28(34)10-8-22-16-24(30(4,5)6)20-26(32)18-22/h15-20,31-32H,7-14H2,1-6H3. The van der Waals surface area contributed by atoms with Crippen LogP contribution >= 0.6 is 0 Å². The summed E-state index contributed by atoms with van der Waals surface area (Å²) in [6.07, 6.45) is 1.38. The van der Waals surface area contributed by atoms with E-state index in [1.807, 2.05) is 12.1 Å². The predicted octanol–water partition coefficient (Wildman–Crippen LogP) is 5.36. The lowest BCUT2D eigenvalue weighted by molar-refractivity contribution is -0.146. The third-order valence-corrected chi connectivity index (χ3v) is 5.90. The molecule has 2 aromatic rings. The molecular weight excluding hydrogens is 472 g/mol. The van der Waals surface area contributed by atoms with Crippen molar-refractivity contribution in [1.82, 2.24) is 0 Å². The van der Waals surface area contributed by atoms with Gasteiger partial charge in [0.1, 0.15) is 24.7 Å². The largest absolute Gasteiger partial charge is 0.508 e. The van der Waals surface area contributed by atoms with Crippen molar-refractivity contribution in [2.45, 2.75) is 78.1 Å². The van der Waals surface area contributed by atoms with Crippen molar-refractivity contribution in [2.24, 2.45) is 0 Å². The van der Waals surface area contributed by atoms with Gasteiger partial charge in [0.2, 0.25) is 0 Å². The summed E-state index contributed by atoms with van der Waals surface area (Å²) in [5.41, 5.74) is 3.61. The molecule has 0 aliphatic rings. The highest BCUT2D eigenvalue weighted by atomic mass is 16.6. The van der Waals surface area contributed by atoms with E-state index in [2.05, 4.69) is 41.5 Å². The molecule has 0 saturated carbocycles. The van der Waals surface area contributed by atoms with Crippen LogP contribution in [-0.4, -0.2) is 48.6 Å². The first kappa shape index (κ1) is 30.2. The van der Waals surface area contributed by atoms with Gasteiger partial charge in [-0.1, -0.05) is 53.7 Å². The molecule has 0 aromatic heterocycles. The Hall–Kier alpha value is -3.06. The zero-order chi connectivity index (χ0) is 27.6. The number of carbonyl (C=O) groups excluding carboxylic acids is 2. The summed E-state index contributed by atoms with van der Waals surface area (Å²) in [6, 6.07) is 10.8. The summed E-state index contributed by atoms with van der Waals surface area (Å²) in [7, 11) is 0. The summed E-state index contributed by atoms with van der Waals surface area (Å²) in [5.74, 6) is -0.285. The number of phenolic OH excluding ortho intramolecular Hbond substituents is 2. The number of phenols is 2. The minimum absolute atomic E-state index is 0.0955. The maximum Gasteiger partial charge on any atom is 0.306 e. The van der Waals surface area contributed by atoms with Gasteiger partial charge in [-0.25, -0.2) is 0 Å². The average Bonchev–Trinajstić information content (AvgIpc) is 2.79. The SMILES string of the molecule is CC(C)(C)c1cc(O)cc(CCC(=O)OCCOCCOC(=O)CCc2cc(O)cc(C(C)(C)C)c2)c1. The Morgan fingerprint density at radius 2 is 1.00 bits per heavy atom. The fourth-order valence-electron chi connectivity index (χ4n) is 3.67. The van der Waals surface area contributed by atoms with Crippen molar-refractivity contribution in [3.05, 3.63) is 58.7 Å². The molecule has 0 fully saturated rings. The van der Waals surface area contributed by atoms with Crippen LogP contribution < -0.4 is 0 Å². The van der Waals surface area contributed by atoms with Crippen LogP contribution in [0.4, 0.5) is 0 Å². The van der Waals surface area contributed by atoms with Crippen LogP contribution in [0.25, 0.3) is 0 Å². The highest BCUT2D eigenvalue weighted by molar-refractivity contribution is 5.70. The van der Waals surface area contributed by atoms with Crippen molar-refractivity contribution in [3.63, 3.8) is 0 Å². The molecule has 0 atom stereocenters. The molecule has 0 heterocycles. The summed E-state index contributed by atoms with van der Waals surface area (Å²) in [5, 5.41) is 19.9. The van der Waals surface area contributed by atoms with Gasteiger partial charge in [0.15, 0.2) is 0 Å². The molecule has 0 amide bonds. The van der Waals surface area contributed by atoms with Crippen molar-refractivity contribution in [2.75, 3.05) is 26.4 Å². The molecular formula is C30H42O7. The number of aryl methyl sites for hydroxylation is 2. The first-order chi connectivity index (χ1) is 17.2. The highest BCUT2D eigenvalue weighted by Gasteiger charge is 2.17. The van der Waals surface area contributed by atoms with Gasteiger partial charge in [0, 0.05) is 12.8 Å². The van der Waals surface area contributed by atoms with Gasteiger partial charge in [-0.05, 0) is 70.2 Å². The Balaban J connectivity index is 1.58. The molecule has 0 saturated heterocycles. The lowest BCUT2D eigenvalue weighted by Crippen LogP contribution is -2.15. The van der Waals surface area contributed by atoms with E-state index in [0.717, 1.165) is 22.3 Å². The molecule has 2 aromatic carbocycles. The van der Waals surface area contributed by atoms with E-state index in [9.17, 15) is 19.8 Å². The number of rotatable bonds is 12. The van der Waals surface area contributed by atoms with Gasteiger partial charge >= 0.3 is 11.9 Å². The minimum atomic E-state index is -0.336. The number of ether oxygens (including phenoxy) is 3. The maximum absolute atomic E-state index is 12.0. The van der Waals surface area contributed by atoms with Crippen molar-refractivity contribution < 1.29 is 34.0 Å². The van der Waals surface area contributed by atoms with Crippen LogP contribution in [0.1, 0.15) is 76.6 Å². The highest BCUT2D eigenvalue weighted by Crippen LogP contribution is 2.28. The van der Waals surface area contributed by atoms with Gasteiger partial charge < -0.3 is 24.4 Å². The van der Waals surface area contributed by atoms with E-state index >= 15 is 0 Å². The number of carbonyl (C=O) groups is 2. The summed E-state index contributed by atoms with van der Waals surface area (Å²) < 4.78 is 15.8. The number of aromatic hydroxyl groups is 2. The van der Waals surface area contributed by atoms with E-state index in [-0.39, 0.29) is 73.5 Å². The molecule has 0 unspecified atom stereocenters. The number of hydrogen-bond donors (Lipinski definition) is 2. The van der Waals surface area contributed by atoms with E-state index in [1.54, 1.807) is 24.3 Å². The molecule has 0 aliphatic carbocycles. The van der Waals surface area contributed by atoms with Crippen LogP contribution in [0.3, 0.4) is 0 Å². The Labute approximate surface area is 220 Å². The van der Waals surface area contributed by atoms with Gasteiger partial charge in [0.25, 0.3) is 0 Å². The van der Waals surface area contributed by atoms with Gasteiger partial charge in [-0.3, -0.25) is 9.59 Å². The van der Waals surface area contributed by atoms with Crippen LogP contribution in [0, 0.1) is 0 Å². The Morgan fingerprint density at radius 3 is 1.35 bits per heavy atom. The molecule has 2 N–H and O–H groups in total. The van der Waals surface area contributed by atoms with Crippen LogP contribution in [-0.2, 0) is 47.5 Å². The topological polar surface area (TPSA) is 102 Å². The van der Waals surface area contributed by atoms with Crippen molar-refractivity contribution in [3.8, 4) is 11.5 Å². The van der Waals surface area contributed by atoms with Crippen molar-refractivity contribution in [1.29, 1.82) is 0 Å². The first-order valence-electron chi connectivity index (χ1n) is 12.8. The van der Waals surface area contributed by atoms with Crippen LogP contribution in [0.5, 0.6) is 11.5 Å². The number of esters is 2. The number of benzene rings is 2. The van der Waals surface area contributed by atoms with Gasteiger partial charge in [0.05, 0.1) is 13.2 Å². The molecule has 0 bridgehead atoms. The van der Waals surface area contributed by atoms with Crippen LogP contribution in [0.15, 0.2) is 36.4 Å². The fraction of sp³-hybridized carbons (Fsp3) is 0.533. The zero-order valence-corrected chi connectivity index (χ0v) is 23.1. The monoisotopic (exact) mass is 514 g/mol. The van der Waals surface area contributed by atoms with Gasteiger partial charge in [-0.2, -0.15) is 0 Å². The molecule has 0 spiro atoms. The van der Waals surface area contributed by atoms with E-state index in [0.29, 0.717) is 12.8 Å². The quantitative estimate of drug-likeness (QED) is 0.290. The van der Waals surface area contributed by atoms with Crippen LogP contribution in [0.2, 0.25) is 0 Å². The summed E-state index contributed by atoms with van der Waals surface area (Å²) in [6.45, 7) is 13.1. The molecule has 37 heavy (non-hydrogen) atoms. The zero-order valence-electron chi connectivity index (χ0n) is 23.1. The molecule has 2 rings (SSSR count). The van der Waals surface area contributed by atoms with Gasteiger partial charge in [-0.15, -0.1) is 0 Å². The molecule has 7 nitrogen and oxygen atoms in total. The Morgan fingerprint density at radius 1 is 0.622 bits per heavy atom. The van der Waals surface area contributed by atoms with E-state index in [1.165, 1.54) is 0 Å². The minimum Gasteiger partial charge on any atom is -0.508 e. The smallest absolute Gasteiger partial charge is 0.306 e. The molecule has 0 radical (unpaired) electrons. The normalized spacial score (nSPS) is 11.8. The first-order valence-corrected chi connectivity index (χ1v) is 12.8. The number of hydrogen-bond acceptors (Lipinski definition) is 7. The third kappa shape index (κ3) is 11.3. The summed E-state index contributed by atoms with van der Waals surface area (Å²) in [4.78, 5) is 24.0. The maximum atomic E-state index is 12.0. The second-order valence-corrected chi connectivity index (χ2v) is 11.3. The van der Waals surface area contributed by atoms with E-state index < -0.39 is 0 Å². The van der Waals surface area contributed by atoms with Crippen molar-refractivity contribution >= 4 is 11.9 Å². The van der Waals surface area contributed by atoms with E-state index in [4.69, 9.17) is 14.2 Å². The molecule has 0 aliphatic heterocycles. The predicted molar refractivity (Wildman–Crippen MR) is 143 cm³/mol. The Kier molecular flexibility index (Phi) is 11.0.